The summed E-state index contributed by atoms with van der Waals surface area (Å²) in [5, 5.41) is 21.6. The average molecular weight is 461 g/mol. The fraction of sp³-hybridized carbons (Fsp3) is 0.458. The third-order valence-electron chi connectivity index (χ3n) is 7.19. The van der Waals surface area contributed by atoms with Crippen molar-refractivity contribution in [2.24, 2.45) is 24.1 Å². The number of likely N-dealkylation sites (tertiary alicyclic amines) is 1. The average Bonchev–Trinajstić information content (AvgIpc) is 3.31. The van der Waals surface area contributed by atoms with Gasteiger partial charge in [-0.25, -0.2) is 4.52 Å². The van der Waals surface area contributed by atoms with Crippen molar-refractivity contribution >= 4 is 23.0 Å². The number of hydrogen-bond donors (Lipinski definition) is 2. The van der Waals surface area contributed by atoms with Gasteiger partial charge in [-0.15, -0.1) is 0 Å². The Morgan fingerprint density at radius 1 is 1.26 bits per heavy atom. The number of piperidine rings is 1. The number of nitriles is 1. The van der Waals surface area contributed by atoms with E-state index in [1.165, 1.54) is 6.20 Å². The Labute approximate surface area is 197 Å². The van der Waals surface area contributed by atoms with Crippen LogP contribution in [0, 0.1) is 22.7 Å². The van der Waals surface area contributed by atoms with Crippen LogP contribution in [0.5, 0.6) is 0 Å². The molecule has 2 atom stereocenters. The van der Waals surface area contributed by atoms with Gasteiger partial charge in [0.25, 0.3) is 5.91 Å². The number of carbonyl (C=O) groups is 2. The van der Waals surface area contributed by atoms with E-state index in [4.69, 9.17) is 5.73 Å². The summed E-state index contributed by atoms with van der Waals surface area (Å²) in [6, 6.07) is 4.24. The molecule has 10 heteroatoms. The molecule has 1 aliphatic heterocycles. The summed E-state index contributed by atoms with van der Waals surface area (Å²) >= 11 is 0. The maximum absolute atomic E-state index is 12.9. The van der Waals surface area contributed by atoms with Gasteiger partial charge in [0.2, 0.25) is 5.91 Å². The first kappa shape index (κ1) is 21.9. The molecule has 0 unspecified atom stereocenters. The van der Waals surface area contributed by atoms with Crippen molar-refractivity contribution in [2.45, 2.75) is 38.6 Å². The molecule has 176 valence electrons. The summed E-state index contributed by atoms with van der Waals surface area (Å²) in [6.07, 6.45) is 9.98. The lowest BCUT2D eigenvalue weighted by Crippen LogP contribution is -2.50. The van der Waals surface area contributed by atoms with Gasteiger partial charge in [-0.05, 0) is 37.7 Å². The number of fused-ring (bicyclic) bond motifs is 1. The highest BCUT2D eigenvalue weighted by atomic mass is 16.2. The standard InChI is InChI=1S/C24H28N8O2/c1-3-15-12-31(23(34)24(14-25)5-6-24)7-4-19(15)29-21-18(22(26)33)10-28-32-13-16(8-20(21)32)17-9-27-30(2)11-17/h8-11,13,15,19,29H,3-7,12H2,1-2H3,(H2,26,33)/t15-,19-/m1/s1. The largest absolute Gasteiger partial charge is 0.379 e. The first-order chi connectivity index (χ1) is 16.3. The van der Waals surface area contributed by atoms with Crippen molar-refractivity contribution in [1.29, 1.82) is 5.26 Å². The van der Waals surface area contributed by atoms with Crippen molar-refractivity contribution in [3.8, 4) is 17.2 Å². The highest BCUT2D eigenvalue weighted by Crippen LogP contribution is 2.47. The van der Waals surface area contributed by atoms with E-state index in [1.54, 1.807) is 15.4 Å². The Hall–Kier alpha value is -3.87. The minimum absolute atomic E-state index is 0.0382. The Bertz CT molecular complexity index is 1310. The lowest BCUT2D eigenvalue weighted by atomic mass is 9.88. The summed E-state index contributed by atoms with van der Waals surface area (Å²) in [7, 11) is 1.86. The first-order valence-electron chi connectivity index (χ1n) is 11.6. The van der Waals surface area contributed by atoms with Crippen molar-refractivity contribution < 1.29 is 9.59 Å². The maximum Gasteiger partial charge on any atom is 0.252 e. The van der Waals surface area contributed by atoms with Gasteiger partial charge in [0.1, 0.15) is 5.41 Å². The first-order valence-corrected chi connectivity index (χ1v) is 11.6. The van der Waals surface area contributed by atoms with E-state index >= 15 is 0 Å². The predicted octanol–water partition coefficient (Wildman–Crippen LogP) is 2.18. The highest BCUT2D eigenvalue weighted by molar-refractivity contribution is 6.02. The second-order valence-electron chi connectivity index (χ2n) is 9.41. The number of hydrogen-bond acceptors (Lipinski definition) is 6. The zero-order valence-corrected chi connectivity index (χ0v) is 19.4. The number of primary amides is 1. The van der Waals surface area contributed by atoms with Crippen LogP contribution in [-0.2, 0) is 11.8 Å². The molecule has 4 heterocycles. The van der Waals surface area contributed by atoms with Gasteiger partial charge in [0, 0.05) is 49.7 Å². The van der Waals surface area contributed by atoms with Gasteiger partial charge in [-0.3, -0.25) is 14.3 Å². The highest BCUT2D eigenvalue weighted by Gasteiger charge is 2.53. The SMILES string of the molecule is CC[C@@H]1CN(C(=O)C2(C#N)CC2)CC[C@H]1Nc1c(C(N)=O)cnn2cc(-c3cnn(C)c3)cc12. The molecule has 3 N–H and O–H groups in total. The van der Waals surface area contributed by atoms with E-state index in [9.17, 15) is 14.9 Å². The fourth-order valence-corrected chi connectivity index (χ4v) is 4.93. The molecule has 1 aliphatic carbocycles. The molecule has 1 saturated heterocycles. The molecule has 3 aromatic rings. The van der Waals surface area contributed by atoms with Crippen LogP contribution in [0.1, 0.15) is 43.0 Å². The van der Waals surface area contributed by atoms with Crippen LogP contribution in [0.25, 0.3) is 16.6 Å². The number of carbonyl (C=O) groups excluding carboxylic acids is 2. The van der Waals surface area contributed by atoms with Gasteiger partial charge in [0.15, 0.2) is 0 Å². The van der Waals surface area contributed by atoms with Crippen LogP contribution >= 0.6 is 0 Å². The lowest BCUT2D eigenvalue weighted by molar-refractivity contribution is -0.137. The molecular formula is C24H28N8O2. The summed E-state index contributed by atoms with van der Waals surface area (Å²) in [4.78, 5) is 27.0. The van der Waals surface area contributed by atoms with Crippen LogP contribution in [0.4, 0.5) is 5.69 Å². The number of rotatable bonds is 6. The zero-order valence-electron chi connectivity index (χ0n) is 19.4. The molecule has 2 aliphatic rings. The van der Waals surface area contributed by atoms with Crippen LogP contribution in [0.15, 0.2) is 30.9 Å². The number of amides is 2. The number of aromatic nitrogens is 4. The number of anilines is 1. The van der Waals surface area contributed by atoms with Crippen LogP contribution in [0.2, 0.25) is 0 Å². The Morgan fingerprint density at radius 3 is 2.68 bits per heavy atom. The predicted molar refractivity (Wildman–Crippen MR) is 126 cm³/mol. The van der Waals surface area contributed by atoms with Gasteiger partial charge < -0.3 is 16.0 Å². The molecule has 10 nitrogen and oxygen atoms in total. The third kappa shape index (κ3) is 3.67. The van der Waals surface area contributed by atoms with E-state index in [1.807, 2.05) is 30.4 Å². The van der Waals surface area contributed by atoms with Gasteiger partial charge in [0.05, 0.1) is 35.2 Å². The molecule has 3 aromatic heterocycles. The topological polar surface area (TPSA) is 134 Å². The summed E-state index contributed by atoms with van der Waals surface area (Å²) < 4.78 is 3.47. The normalized spacial score (nSPS) is 21.3. The van der Waals surface area contributed by atoms with Crippen molar-refractivity contribution in [1.82, 2.24) is 24.3 Å². The number of nitrogens with one attached hydrogen (secondary N) is 1. The van der Waals surface area contributed by atoms with E-state index in [2.05, 4.69) is 28.5 Å². The Morgan fingerprint density at radius 2 is 2.06 bits per heavy atom. The lowest BCUT2D eigenvalue weighted by Gasteiger charge is -2.40. The molecule has 0 spiro atoms. The van der Waals surface area contributed by atoms with Gasteiger partial charge >= 0.3 is 0 Å². The molecule has 0 radical (unpaired) electrons. The second-order valence-corrected chi connectivity index (χ2v) is 9.41. The molecule has 0 bridgehead atoms. The zero-order chi connectivity index (χ0) is 24.0. The molecule has 0 aromatic carbocycles. The number of nitrogens with zero attached hydrogens (tertiary/aromatic N) is 6. The van der Waals surface area contributed by atoms with Gasteiger partial charge in [-0.1, -0.05) is 6.92 Å². The maximum atomic E-state index is 12.9. The molecular weight excluding hydrogens is 432 g/mol. The summed E-state index contributed by atoms with van der Waals surface area (Å²) in [5.74, 6) is -0.412. The van der Waals surface area contributed by atoms with Crippen molar-refractivity contribution in [3.63, 3.8) is 0 Å². The fourth-order valence-electron chi connectivity index (χ4n) is 4.93. The van der Waals surface area contributed by atoms with E-state index < -0.39 is 11.3 Å². The van der Waals surface area contributed by atoms with Crippen LogP contribution < -0.4 is 11.1 Å². The molecule has 1 saturated carbocycles. The molecule has 2 fully saturated rings. The quantitative estimate of drug-likeness (QED) is 0.579. The monoisotopic (exact) mass is 460 g/mol. The van der Waals surface area contributed by atoms with Gasteiger partial charge in [-0.2, -0.15) is 15.5 Å². The van der Waals surface area contributed by atoms with E-state index in [-0.39, 0.29) is 17.9 Å². The minimum Gasteiger partial charge on any atom is -0.379 e. The van der Waals surface area contributed by atoms with E-state index in [0.717, 1.165) is 23.1 Å². The third-order valence-corrected chi connectivity index (χ3v) is 7.19. The summed E-state index contributed by atoms with van der Waals surface area (Å²) in [5.41, 5.74) is 8.52. The van der Waals surface area contributed by atoms with Crippen molar-refractivity contribution in [2.75, 3.05) is 18.4 Å². The van der Waals surface area contributed by atoms with E-state index in [0.29, 0.717) is 43.6 Å². The van der Waals surface area contributed by atoms with Crippen LogP contribution in [0.3, 0.4) is 0 Å². The molecule has 34 heavy (non-hydrogen) atoms. The number of nitrogens with two attached hydrogens (primary N) is 1. The minimum atomic E-state index is -0.802. The Kier molecular flexibility index (Phi) is 5.27. The second kappa shape index (κ2) is 8.17. The van der Waals surface area contributed by atoms with Crippen LogP contribution in [-0.4, -0.2) is 55.2 Å². The molecule has 2 amide bonds. The number of aryl methyl sites for hydroxylation is 1. The smallest absolute Gasteiger partial charge is 0.252 e. The Balaban J connectivity index is 1.44. The van der Waals surface area contributed by atoms with Crippen molar-refractivity contribution in [3.05, 3.63) is 36.4 Å². The molecule has 5 rings (SSSR count). The summed E-state index contributed by atoms with van der Waals surface area (Å²) in [6.45, 7) is 3.26.